The van der Waals surface area contributed by atoms with E-state index in [0.717, 1.165) is 5.56 Å². The van der Waals surface area contributed by atoms with Crippen LogP contribution >= 0.6 is 0 Å². The Bertz CT molecular complexity index is 285. The Hall–Kier alpha value is -1.84. The maximum Gasteiger partial charge on any atom is 0.413 e. The van der Waals surface area contributed by atoms with Gasteiger partial charge in [0.05, 0.1) is 0 Å². The molecule has 0 aromatic heterocycles. The first-order valence-corrected chi connectivity index (χ1v) is 3.71. The molecule has 0 unspecified atom stereocenters. The van der Waals surface area contributed by atoms with Crippen LogP contribution in [0.5, 0.6) is 0 Å². The van der Waals surface area contributed by atoms with Gasteiger partial charge in [-0.05, 0) is 5.56 Å². The lowest BCUT2D eigenvalue weighted by molar-refractivity contribution is 0.145. The van der Waals surface area contributed by atoms with Crippen LogP contribution in [0.2, 0.25) is 0 Å². The zero-order chi connectivity index (χ0) is 9.52. The molecule has 1 aromatic rings. The van der Waals surface area contributed by atoms with Gasteiger partial charge in [-0.1, -0.05) is 30.3 Å². The summed E-state index contributed by atoms with van der Waals surface area (Å²) < 4.78 is 4.74. The molecular formula is C9H9N2O2. The number of benzene rings is 1. The minimum atomic E-state index is -0.668. The maximum atomic E-state index is 10.7. The number of hydrogen-bond donors (Lipinski definition) is 2. The van der Waals surface area contributed by atoms with Crippen molar-refractivity contribution < 1.29 is 9.53 Å². The van der Waals surface area contributed by atoms with Gasteiger partial charge in [0.2, 0.25) is 0 Å². The number of hydrogen-bond acceptors (Lipinski definition) is 3. The van der Waals surface area contributed by atoms with Crippen molar-refractivity contribution in [2.24, 2.45) is 0 Å². The highest BCUT2D eigenvalue weighted by atomic mass is 16.5. The fourth-order valence-electron chi connectivity index (χ4n) is 0.810. The van der Waals surface area contributed by atoms with Crippen LogP contribution in [0.3, 0.4) is 0 Å². The molecule has 0 aliphatic rings. The summed E-state index contributed by atoms with van der Waals surface area (Å²) in [5.74, 6) is 0. The second-order valence-corrected chi connectivity index (χ2v) is 2.31. The third kappa shape index (κ3) is 3.37. The zero-order valence-corrected chi connectivity index (χ0v) is 6.91. The lowest BCUT2D eigenvalue weighted by Gasteiger charge is -2.02. The number of carbonyl (C=O) groups excluding carboxylic acids is 1. The molecule has 1 radical (unpaired) electrons. The van der Waals surface area contributed by atoms with Crippen LogP contribution in [0.15, 0.2) is 30.3 Å². The Labute approximate surface area is 76.0 Å². The number of rotatable bonds is 3. The summed E-state index contributed by atoms with van der Waals surface area (Å²) in [6.07, 6.45) is 1.06. The molecule has 67 valence electrons. The van der Waals surface area contributed by atoms with E-state index in [1.807, 2.05) is 35.6 Å². The molecule has 1 amide bonds. The van der Waals surface area contributed by atoms with E-state index < -0.39 is 6.09 Å². The smallest absolute Gasteiger partial charge is 0.413 e. The van der Waals surface area contributed by atoms with E-state index in [1.165, 1.54) is 0 Å². The molecule has 13 heavy (non-hydrogen) atoms. The Morgan fingerprint density at radius 2 is 2.15 bits per heavy atom. The summed E-state index contributed by atoms with van der Waals surface area (Å²) in [5, 5.41) is 8.43. The molecule has 0 saturated carbocycles. The van der Waals surface area contributed by atoms with E-state index >= 15 is 0 Å². The van der Waals surface area contributed by atoms with Crippen molar-refractivity contribution in [3.05, 3.63) is 35.9 Å². The van der Waals surface area contributed by atoms with E-state index in [0.29, 0.717) is 0 Å². The van der Waals surface area contributed by atoms with Crippen LogP contribution in [0.25, 0.3) is 0 Å². The summed E-state index contributed by atoms with van der Waals surface area (Å²) in [5.41, 5.74) is 0.905. The average molecular weight is 177 g/mol. The first kappa shape index (κ1) is 9.25. The van der Waals surface area contributed by atoms with Crippen LogP contribution in [0.1, 0.15) is 5.56 Å². The lowest BCUT2D eigenvalue weighted by Crippen LogP contribution is -2.21. The molecule has 1 rings (SSSR count). The van der Waals surface area contributed by atoms with Crippen molar-refractivity contribution in [2.75, 3.05) is 0 Å². The van der Waals surface area contributed by atoms with Gasteiger partial charge in [-0.3, -0.25) is 10.7 Å². The van der Waals surface area contributed by atoms with Crippen LogP contribution in [-0.4, -0.2) is 12.4 Å². The van der Waals surface area contributed by atoms with Crippen molar-refractivity contribution in [3.63, 3.8) is 0 Å². The highest BCUT2D eigenvalue weighted by Gasteiger charge is 1.98. The Morgan fingerprint density at radius 1 is 1.46 bits per heavy atom. The SMILES string of the molecule is N=[C]NC(=O)OCc1ccccc1. The first-order chi connectivity index (χ1) is 6.33. The van der Waals surface area contributed by atoms with Crippen molar-refractivity contribution in [3.8, 4) is 0 Å². The molecule has 0 atom stereocenters. The normalized spacial score (nSPS) is 8.92. The van der Waals surface area contributed by atoms with Crippen LogP contribution in [-0.2, 0) is 11.3 Å². The minimum absolute atomic E-state index is 0.203. The number of alkyl carbamates (subject to hydrolysis) is 1. The van der Waals surface area contributed by atoms with Gasteiger partial charge in [0, 0.05) is 0 Å². The van der Waals surface area contributed by atoms with Gasteiger partial charge in [0.1, 0.15) is 6.61 Å². The van der Waals surface area contributed by atoms with E-state index in [-0.39, 0.29) is 6.61 Å². The van der Waals surface area contributed by atoms with Gasteiger partial charge >= 0.3 is 6.09 Å². The molecule has 0 bridgehead atoms. The summed E-state index contributed by atoms with van der Waals surface area (Å²) in [4.78, 5) is 10.7. The summed E-state index contributed by atoms with van der Waals surface area (Å²) in [6, 6.07) is 9.30. The minimum Gasteiger partial charge on any atom is -0.444 e. The van der Waals surface area contributed by atoms with Gasteiger partial charge in [-0.15, -0.1) is 0 Å². The average Bonchev–Trinajstić information content (AvgIpc) is 2.17. The molecule has 4 heteroatoms. The first-order valence-electron chi connectivity index (χ1n) is 3.71. The number of carbonyl (C=O) groups is 1. The molecule has 0 spiro atoms. The molecule has 0 aliphatic heterocycles. The molecular weight excluding hydrogens is 168 g/mol. The number of amides is 1. The molecule has 0 fully saturated rings. The summed E-state index contributed by atoms with van der Waals surface area (Å²) >= 11 is 0. The van der Waals surface area contributed by atoms with Gasteiger partial charge < -0.3 is 4.74 Å². The topological polar surface area (TPSA) is 62.2 Å². The fourth-order valence-corrected chi connectivity index (χ4v) is 0.810. The standard InChI is InChI=1S/C9H9N2O2/c10-7-11-9(12)13-6-8-4-2-1-3-5-8/h1-5H,6H2,(H2,10,11,12). The van der Waals surface area contributed by atoms with Crippen molar-refractivity contribution >= 4 is 12.4 Å². The number of nitrogens with one attached hydrogen (secondary N) is 2. The lowest BCUT2D eigenvalue weighted by atomic mass is 10.2. The van der Waals surface area contributed by atoms with Crippen LogP contribution in [0.4, 0.5) is 4.79 Å². The fraction of sp³-hybridized carbons (Fsp3) is 0.111. The van der Waals surface area contributed by atoms with E-state index in [2.05, 4.69) is 0 Å². The number of ether oxygens (including phenoxy) is 1. The second kappa shape index (κ2) is 4.92. The highest BCUT2D eigenvalue weighted by Crippen LogP contribution is 1.99. The van der Waals surface area contributed by atoms with Gasteiger partial charge in [-0.25, -0.2) is 4.79 Å². The van der Waals surface area contributed by atoms with Crippen molar-refractivity contribution in [1.29, 1.82) is 5.41 Å². The summed E-state index contributed by atoms with van der Waals surface area (Å²) in [7, 11) is 0. The van der Waals surface area contributed by atoms with E-state index in [4.69, 9.17) is 10.1 Å². The van der Waals surface area contributed by atoms with Crippen molar-refractivity contribution in [2.45, 2.75) is 6.61 Å². The quantitative estimate of drug-likeness (QED) is 0.416. The Kier molecular flexibility index (Phi) is 3.50. The molecule has 2 N–H and O–H groups in total. The molecule has 0 saturated heterocycles. The predicted molar refractivity (Wildman–Crippen MR) is 47.5 cm³/mol. The van der Waals surface area contributed by atoms with Crippen LogP contribution < -0.4 is 5.32 Å². The molecule has 1 aromatic carbocycles. The summed E-state index contributed by atoms with van der Waals surface area (Å²) in [6.45, 7) is 0.203. The van der Waals surface area contributed by atoms with Gasteiger partial charge in [0.25, 0.3) is 0 Å². The zero-order valence-electron chi connectivity index (χ0n) is 6.91. The largest absolute Gasteiger partial charge is 0.444 e. The van der Waals surface area contributed by atoms with Gasteiger partial charge in [0.15, 0.2) is 6.34 Å². The Morgan fingerprint density at radius 3 is 2.77 bits per heavy atom. The van der Waals surface area contributed by atoms with E-state index in [1.54, 1.807) is 6.34 Å². The Balaban J connectivity index is 2.35. The molecule has 0 heterocycles. The third-order valence-corrected chi connectivity index (χ3v) is 1.38. The molecule has 4 nitrogen and oxygen atoms in total. The van der Waals surface area contributed by atoms with Crippen molar-refractivity contribution in [1.82, 2.24) is 5.32 Å². The van der Waals surface area contributed by atoms with Crippen LogP contribution in [0, 0.1) is 5.41 Å². The van der Waals surface area contributed by atoms with E-state index in [9.17, 15) is 4.79 Å². The highest BCUT2D eigenvalue weighted by molar-refractivity contribution is 5.80. The van der Waals surface area contributed by atoms with Gasteiger partial charge in [-0.2, -0.15) is 0 Å². The monoisotopic (exact) mass is 177 g/mol. The second-order valence-electron chi connectivity index (χ2n) is 2.31. The molecule has 0 aliphatic carbocycles. The third-order valence-electron chi connectivity index (χ3n) is 1.38. The maximum absolute atomic E-state index is 10.7. The predicted octanol–water partition coefficient (Wildman–Crippen LogP) is 1.40.